The number of carboxylic acid groups (broad SMARTS) is 1. The van der Waals surface area contributed by atoms with Crippen LogP contribution in [-0.4, -0.2) is 49.3 Å². The molecule has 5 heteroatoms. The first-order valence-electron chi connectivity index (χ1n) is 6.29. The van der Waals surface area contributed by atoms with Crippen LogP contribution in [-0.2, 0) is 4.79 Å². The van der Waals surface area contributed by atoms with Crippen molar-refractivity contribution in [1.29, 1.82) is 0 Å². The fourth-order valence-electron chi connectivity index (χ4n) is 1.87. The topological polar surface area (TPSA) is 59.0 Å². The van der Waals surface area contributed by atoms with Gasteiger partial charge in [0.15, 0.2) is 11.5 Å². The first-order chi connectivity index (χ1) is 9.10. The highest BCUT2D eigenvalue weighted by Gasteiger charge is 2.19. The van der Waals surface area contributed by atoms with Gasteiger partial charge in [-0.05, 0) is 25.6 Å². The molecule has 1 unspecified atom stereocenters. The molecule has 0 aliphatic carbocycles. The molecule has 106 valence electrons. The van der Waals surface area contributed by atoms with Gasteiger partial charge in [0.05, 0.1) is 7.11 Å². The van der Waals surface area contributed by atoms with Gasteiger partial charge in [0, 0.05) is 6.54 Å². The number of hydrogen-bond acceptors (Lipinski definition) is 4. The summed E-state index contributed by atoms with van der Waals surface area (Å²) in [6, 6.07) is 6.92. The molecule has 0 aromatic heterocycles. The largest absolute Gasteiger partial charge is 0.493 e. The third-order valence-corrected chi connectivity index (χ3v) is 2.97. The molecular formula is C14H21NO4. The number of nitrogens with zero attached hydrogens (tertiary/aromatic N) is 1. The second-order valence-corrected chi connectivity index (χ2v) is 4.24. The van der Waals surface area contributed by atoms with Crippen LogP contribution in [0.1, 0.15) is 13.3 Å². The standard InChI is InChI=1S/C14H21NO4/c1-4-11(14(16)17)15(2)9-10-19-13-8-6-5-7-12(13)18-3/h5-8,11H,4,9-10H2,1-3H3,(H,16,17). The van der Waals surface area contributed by atoms with E-state index in [4.69, 9.17) is 14.6 Å². The Kier molecular flexibility index (Phi) is 6.15. The molecule has 5 nitrogen and oxygen atoms in total. The van der Waals surface area contributed by atoms with Crippen LogP contribution in [0.25, 0.3) is 0 Å². The van der Waals surface area contributed by atoms with Crippen LogP contribution in [0.5, 0.6) is 11.5 Å². The monoisotopic (exact) mass is 267 g/mol. The van der Waals surface area contributed by atoms with E-state index < -0.39 is 12.0 Å². The van der Waals surface area contributed by atoms with E-state index in [0.29, 0.717) is 31.1 Å². The average molecular weight is 267 g/mol. The summed E-state index contributed by atoms with van der Waals surface area (Å²) < 4.78 is 10.8. The van der Waals surface area contributed by atoms with Crippen LogP contribution in [0.2, 0.25) is 0 Å². The Morgan fingerprint density at radius 1 is 1.37 bits per heavy atom. The fourth-order valence-corrected chi connectivity index (χ4v) is 1.87. The second-order valence-electron chi connectivity index (χ2n) is 4.24. The number of carboxylic acids is 1. The van der Waals surface area contributed by atoms with Crippen molar-refractivity contribution >= 4 is 5.97 Å². The highest BCUT2D eigenvalue weighted by atomic mass is 16.5. The maximum atomic E-state index is 11.0. The fraction of sp³-hybridized carbons (Fsp3) is 0.500. The molecule has 19 heavy (non-hydrogen) atoms. The van der Waals surface area contributed by atoms with Gasteiger partial charge < -0.3 is 14.6 Å². The molecule has 0 aliphatic heterocycles. The van der Waals surface area contributed by atoms with E-state index in [1.807, 2.05) is 31.2 Å². The predicted molar refractivity (Wildman–Crippen MR) is 72.8 cm³/mol. The van der Waals surface area contributed by atoms with Gasteiger partial charge in [-0.3, -0.25) is 9.69 Å². The molecule has 0 saturated carbocycles. The minimum Gasteiger partial charge on any atom is -0.493 e. The summed E-state index contributed by atoms with van der Waals surface area (Å²) in [4.78, 5) is 12.8. The summed E-state index contributed by atoms with van der Waals surface area (Å²) in [6.07, 6.45) is 0.570. The minimum atomic E-state index is -0.803. The normalized spacial score (nSPS) is 12.2. The van der Waals surface area contributed by atoms with Gasteiger partial charge in [-0.15, -0.1) is 0 Å². The van der Waals surface area contributed by atoms with E-state index in [9.17, 15) is 4.79 Å². The molecule has 0 saturated heterocycles. The van der Waals surface area contributed by atoms with Gasteiger partial charge in [-0.2, -0.15) is 0 Å². The van der Waals surface area contributed by atoms with Crippen molar-refractivity contribution in [2.75, 3.05) is 27.3 Å². The van der Waals surface area contributed by atoms with Crippen LogP contribution in [0.4, 0.5) is 0 Å². The first kappa shape index (κ1) is 15.3. The number of benzene rings is 1. The molecule has 0 fully saturated rings. The van der Waals surface area contributed by atoms with Gasteiger partial charge in [-0.25, -0.2) is 0 Å². The van der Waals surface area contributed by atoms with Gasteiger partial charge >= 0.3 is 5.97 Å². The van der Waals surface area contributed by atoms with Crippen molar-refractivity contribution in [3.8, 4) is 11.5 Å². The smallest absolute Gasteiger partial charge is 0.320 e. The molecule has 1 N–H and O–H groups in total. The minimum absolute atomic E-state index is 0.417. The zero-order valence-electron chi connectivity index (χ0n) is 11.6. The zero-order valence-corrected chi connectivity index (χ0v) is 11.6. The van der Waals surface area contributed by atoms with Gasteiger partial charge in [0.1, 0.15) is 12.6 Å². The SMILES string of the molecule is CCC(C(=O)O)N(C)CCOc1ccccc1OC. The second kappa shape index (κ2) is 7.63. The number of rotatable bonds is 8. The number of ether oxygens (including phenoxy) is 2. The molecule has 0 heterocycles. The van der Waals surface area contributed by atoms with Crippen molar-refractivity contribution in [2.45, 2.75) is 19.4 Å². The van der Waals surface area contributed by atoms with Crippen molar-refractivity contribution in [2.24, 2.45) is 0 Å². The molecule has 1 rings (SSSR count). The van der Waals surface area contributed by atoms with Crippen LogP contribution in [0.15, 0.2) is 24.3 Å². The molecule has 0 amide bonds. The van der Waals surface area contributed by atoms with Gasteiger partial charge in [-0.1, -0.05) is 19.1 Å². The van der Waals surface area contributed by atoms with Crippen LogP contribution in [0, 0.1) is 0 Å². The Bertz CT molecular complexity index is 408. The third-order valence-electron chi connectivity index (χ3n) is 2.97. The quantitative estimate of drug-likeness (QED) is 0.779. The van der Waals surface area contributed by atoms with E-state index in [0.717, 1.165) is 0 Å². The van der Waals surface area contributed by atoms with Crippen molar-refractivity contribution in [3.05, 3.63) is 24.3 Å². The van der Waals surface area contributed by atoms with Crippen LogP contribution < -0.4 is 9.47 Å². The lowest BCUT2D eigenvalue weighted by Gasteiger charge is -2.23. The van der Waals surface area contributed by atoms with E-state index in [-0.39, 0.29) is 0 Å². The maximum Gasteiger partial charge on any atom is 0.320 e. The summed E-state index contributed by atoms with van der Waals surface area (Å²) in [6.45, 7) is 2.82. The first-order valence-corrected chi connectivity index (χ1v) is 6.29. The number of para-hydroxylation sites is 2. The van der Waals surface area contributed by atoms with E-state index in [2.05, 4.69) is 0 Å². The Balaban J connectivity index is 2.47. The van der Waals surface area contributed by atoms with Crippen molar-refractivity contribution in [1.82, 2.24) is 4.90 Å². The Hall–Kier alpha value is -1.75. The van der Waals surface area contributed by atoms with Gasteiger partial charge in [0.2, 0.25) is 0 Å². The summed E-state index contributed by atoms with van der Waals surface area (Å²) in [5.74, 6) is 0.541. The summed E-state index contributed by atoms with van der Waals surface area (Å²) in [5, 5.41) is 9.04. The van der Waals surface area contributed by atoms with E-state index >= 15 is 0 Å². The number of methoxy groups -OCH3 is 1. The third kappa shape index (κ3) is 4.44. The van der Waals surface area contributed by atoms with E-state index in [1.54, 1.807) is 19.1 Å². The lowest BCUT2D eigenvalue weighted by molar-refractivity contribution is -0.143. The Labute approximate surface area is 113 Å². The van der Waals surface area contributed by atoms with Gasteiger partial charge in [0.25, 0.3) is 0 Å². The van der Waals surface area contributed by atoms with Crippen molar-refractivity contribution < 1.29 is 19.4 Å². The average Bonchev–Trinajstić information content (AvgIpc) is 2.39. The molecule has 0 spiro atoms. The van der Waals surface area contributed by atoms with Crippen LogP contribution in [0.3, 0.4) is 0 Å². The van der Waals surface area contributed by atoms with E-state index in [1.165, 1.54) is 0 Å². The number of likely N-dealkylation sites (N-methyl/N-ethyl adjacent to an activating group) is 1. The number of carbonyl (C=O) groups is 1. The number of hydrogen-bond donors (Lipinski definition) is 1. The zero-order chi connectivity index (χ0) is 14.3. The number of aliphatic carboxylic acids is 1. The van der Waals surface area contributed by atoms with Crippen LogP contribution >= 0.6 is 0 Å². The van der Waals surface area contributed by atoms with Crippen molar-refractivity contribution in [3.63, 3.8) is 0 Å². The molecule has 0 bridgehead atoms. The maximum absolute atomic E-state index is 11.0. The lowest BCUT2D eigenvalue weighted by Crippen LogP contribution is -2.40. The molecule has 1 atom stereocenters. The lowest BCUT2D eigenvalue weighted by atomic mass is 10.2. The molecular weight excluding hydrogens is 246 g/mol. The summed E-state index contributed by atoms with van der Waals surface area (Å²) >= 11 is 0. The Morgan fingerprint density at radius 3 is 2.53 bits per heavy atom. The molecule has 1 aromatic rings. The highest BCUT2D eigenvalue weighted by Crippen LogP contribution is 2.25. The highest BCUT2D eigenvalue weighted by molar-refractivity contribution is 5.73. The molecule has 0 radical (unpaired) electrons. The molecule has 0 aliphatic rings. The molecule has 1 aromatic carbocycles. The Morgan fingerprint density at radius 2 is 2.00 bits per heavy atom. The predicted octanol–water partition coefficient (Wildman–Crippen LogP) is 1.87. The summed E-state index contributed by atoms with van der Waals surface area (Å²) in [7, 11) is 3.37. The summed E-state index contributed by atoms with van der Waals surface area (Å²) in [5.41, 5.74) is 0.